The Morgan fingerprint density at radius 3 is 2.87 bits per heavy atom. The Morgan fingerprint density at radius 2 is 2.33 bits per heavy atom. The zero-order valence-electron chi connectivity index (χ0n) is 8.91. The molecule has 86 valence electrons. The van der Waals surface area contributed by atoms with Gasteiger partial charge in [0, 0.05) is 6.54 Å². The van der Waals surface area contributed by atoms with Gasteiger partial charge >= 0.3 is 5.97 Å². The monoisotopic (exact) mass is 216 g/mol. The molecule has 0 aromatic heterocycles. The molecule has 6 heteroatoms. The van der Waals surface area contributed by atoms with E-state index in [0.717, 1.165) is 0 Å². The van der Waals surface area contributed by atoms with Crippen molar-refractivity contribution in [3.63, 3.8) is 0 Å². The summed E-state index contributed by atoms with van der Waals surface area (Å²) in [6.45, 7) is 3.16. The van der Waals surface area contributed by atoms with Crippen LogP contribution in [0.1, 0.15) is 6.92 Å². The average Bonchev–Trinajstić information content (AvgIpc) is 2.29. The van der Waals surface area contributed by atoms with Crippen LogP contribution >= 0.6 is 0 Å². The molecule has 1 aliphatic rings. The van der Waals surface area contributed by atoms with E-state index in [9.17, 15) is 9.59 Å². The van der Waals surface area contributed by atoms with E-state index < -0.39 is 12.0 Å². The molecule has 1 aliphatic heterocycles. The lowest BCUT2D eigenvalue weighted by atomic mass is 10.2. The van der Waals surface area contributed by atoms with Gasteiger partial charge in [0.1, 0.15) is 12.1 Å². The van der Waals surface area contributed by atoms with Gasteiger partial charge in [-0.1, -0.05) is 0 Å². The number of esters is 1. The summed E-state index contributed by atoms with van der Waals surface area (Å²) in [6.07, 6.45) is 0. The summed E-state index contributed by atoms with van der Waals surface area (Å²) in [7, 11) is 1.28. The van der Waals surface area contributed by atoms with Crippen molar-refractivity contribution in [1.82, 2.24) is 10.6 Å². The fourth-order valence-corrected chi connectivity index (χ4v) is 1.28. The Balaban J connectivity index is 2.36. The largest absolute Gasteiger partial charge is 0.467 e. The van der Waals surface area contributed by atoms with Crippen LogP contribution in [0.2, 0.25) is 0 Å². The number of rotatable bonds is 3. The summed E-state index contributed by atoms with van der Waals surface area (Å²) >= 11 is 0. The van der Waals surface area contributed by atoms with E-state index in [4.69, 9.17) is 4.74 Å². The summed E-state index contributed by atoms with van der Waals surface area (Å²) in [5.74, 6) is -0.701. The van der Waals surface area contributed by atoms with Crippen molar-refractivity contribution >= 4 is 11.9 Å². The number of hydrogen-bond acceptors (Lipinski definition) is 5. The van der Waals surface area contributed by atoms with E-state index >= 15 is 0 Å². The molecule has 15 heavy (non-hydrogen) atoms. The smallest absolute Gasteiger partial charge is 0.328 e. The van der Waals surface area contributed by atoms with E-state index in [1.165, 1.54) is 7.11 Å². The topological polar surface area (TPSA) is 76.7 Å². The molecule has 0 saturated carbocycles. The predicted molar refractivity (Wildman–Crippen MR) is 52.2 cm³/mol. The second-order valence-electron chi connectivity index (χ2n) is 3.34. The predicted octanol–water partition coefficient (Wildman–Crippen LogP) is -1.35. The number of morpholine rings is 1. The molecule has 2 atom stereocenters. The molecule has 1 unspecified atom stereocenters. The van der Waals surface area contributed by atoms with Crippen LogP contribution in [0.25, 0.3) is 0 Å². The van der Waals surface area contributed by atoms with Crippen LogP contribution in [0.5, 0.6) is 0 Å². The first-order valence-electron chi connectivity index (χ1n) is 4.84. The number of methoxy groups -OCH3 is 1. The highest BCUT2D eigenvalue weighted by Crippen LogP contribution is 1.95. The SMILES string of the molecule is COC(=O)[C@@H](C)NC(=O)C1COCCN1. The number of carbonyl (C=O) groups excluding carboxylic acids is 2. The Bertz CT molecular complexity index is 238. The Morgan fingerprint density at radius 1 is 1.60 bits per heavy atom. The van der Waals surface area contributed by atoms with E-state index in [-0.39, 0.29) is 11.9 Å². The van der Waals surface area contributed by atoms with Crippen molar-refractivity contribution < 1.29 is 19.1 Å². The molecular formula is C9H16N2O4. The van der Waals surface area contributed by atoms with Gasteiger partial charge in [0.15, 0.2) is 0 Å². The van der Waals surface area contributed by atoms with Gasteiger partial charge in [0.05, 0.1) is 20.3 Å². The highest BCUT2D eigenvalue weighted by Gasteiger charge is 2.24. The number of hydrogen-bond donors (Lipinski definition) is 2. The van der Waals surface area contributed by atoms with Crippen molar-refractivity contribution in [2.24, 2.45) is 0 Å². The second-order valence-corrected chi connectivity index (χ2v) is 3.34. The first kappa shape index (κ1) is 11.9. The molecule has 1 saturated heterocycles. The van der Waals surface area contributed by atoms with Crippen molar-refractivity contribution in [2.45, 2.75) is 19.0 Å². The van der Waals surface area contributed by atoms with Crippen LogP contribution in [0.3, 0.4) is 0 Å². The highest BCUT2D eigenvalue weighted by molar-refractivity contribution is 5.87. The summed E-state index contributed by atoms with van der Waals surface area (Å²) in [6, 6.07) is -1.02. The third-order valence-electron chi connectivity index (χ3n) is 2.15. The molecule has 0 aromatic rings. The molecule has 6 nitrogen and oxygen atoms in total. The van der Waals surface area contributed by atoms with Gasteiger partial charge in [0.2, 0.25) is 5.91 Å². The van der Waals surface area contributed by atoms with E-state index in [1.54, 1.807) is 6.92 Å². The number of ether oxygens (including phenoxy) is 2. The summed E-state index contributed by atoms with van der Waals surface area (Å²) in [5.41, 5.74) is 0. The van der Waals surface area contributed by atoms with E-state index in [2.05, 4.69) is 15.4 Å². The average molecular weight is 216 g/mol. The molecule has 0 spiro atoms. The van der Waals surface area contributed by atoms with E-state index in [0.29, 0.717) is 19.8 Å². The normalized spacial score (nSPS) is 22.9. The molecule has 1 rings (SSSR count). The number of nitrogens with one attached hydrogen (secondary N) is 2. The maximum atomic E-state index is 11.6. The van der Waals surface area contributed by atoms with Gasteiger partial charge in [-0.15, -0.1) is 0 Å². The lowest BCUT2D eigenvalue weighted by Crippen LogP contribution is -2.54. The number of amides is 1. The van der Waals surface area contributed by atoms with Crippen molar-refractivity contribution in [3.8, 4) is 0 Å². The lowest BCUT2D eigenvalue weighted by Gasteiger charge is -2.24. The van der Waals surface area contributed by atoms with E-state index in [1.807, 2.05) is 0 Å². The van der Waals surface area contributed by atoms with Crippen molar-refractivity contribution in [3.05, 3.63) is 0 Å². The van der Waals surface area contributed by atoms with Gasteiger partial charge in [-0.25, -0.2) is 4.79 Å². The minimum Gasteiger partial charge on any atom is -0.467 e. The number of carbonyl (C=O) groups is 2. The highest BCUT2D eigenvalue weighted by atomic mass is 16.5. The molecule has 1 amide bonds. The van der Waals surface area contributed by atoms with Gasteiger partial charge in [0.25, 0.3) is 0 Å². The van der Waals surface area contributed by atoms with Gasteiger partial charge in [-0.05, 0) is 6.92 Å². The molecule has 1 heterocycles. The van der Waals surface area contributed by atoms with Crippen LogP contribution in [0.15, 0.2) is 0 Å². The minimum absolute atomic E-state index is 0.243. The van der Waals surface area contributed by atoms with Crippen LogP contribution in [0, 0.1) is 0 Å². The first-order chi connectivity index (χ1) is 7.15. The summed E-state index contributed by atoms with van der Waals surface area (Å²) in [5, 5.41) is 5.54. The quantitative estimate of drug-likeness (QED) is 0.571. The third-order valence-corrected chi connectivity index (χ3v) is 2.15. The lowest BCUT2D eigenvalue weighted by molar-refractivity contribution is -0.145. The molecule has 1 fully saturated rings. The molecule has 0 aromatic carbocycles. The van der Waals surface area contributed by atoms with Crippen LogP contribution < -0.4 is 10.6 Å². The van der Waals surface area contributed by atoms with Gasteiger partial charge < -0.3 is 20.1 Å². The Hall–Kier alpha value is -1.14. The summed E-state index contributed by atoms with van der Waals surface area (Å²) < 4.78 is 9.63. The Kier molecular flexibility index (Phi) is 4.51. The maximum Gasteiger partial charge on any atom is 0.328 e. The molecular weight excluding hydrogens is 200 g/mol. The molecule has 2 N–H and O–H groups in total. The van der Waals surface area contributed by atoms with Crippen LogP contribution in [-0.4, -0.2) is 50.8 Å². The van der Waals surface area contributed by atoms with Crippen LogP contribution in [-0.2, 0) is 19.1 Å². The Labute approximate surface area is 88.3 Å². The van der Waals surface area contributed by atoms with Crippen LogP contribution in [0.4, 0.5) is 0 Å². The van der Waals surface area contributed by atoms with Gasteiger partial charge in [-0.2, -0.15) is 0 Å². The fourth-order valence-electron chi connectivity index (χ4n) is 1.28. The fraction of sp³-hybridized carbons (Fsp3) is 0.778. The third kappa shape index (κ3) is 3.49. The zero-order valence-corrected chi connectivity index (χ0v) is 8.91. The molecule has 0 bridgehead atoms. The van der Waals surface area contributed by atoms with Crippen molar-refractivity contribution in [1.29, 1.82) is 0 Å². The van der Waals surface area contributed by atoms with Gasteiger partial charge in [-0.3, -0.25) is 4.79 Å². The molecule has 0 aliphatic carbocycles. The maximum absolute atomic E-state index is 11.6. The summed E-state index contributed by atoms with van der Waals surface area (Å²) in [4.78, 5) is 22.6. The first-order valence-corrected chi connectivity index (χ1v) is 4.84. The standard InChI is InChI=1S/C9H16N2O4/c1-6(9(13)14-2)11-8(12)7-5-15-4-3-10-7/h6-7,10H,3-5H2,1-2H3,(H,11,12)/t6-,7?/m1/s1. The van der Waals surface area contributed by atoms with Crippen molar-refractivity contribution in [2.75, 3.05) is 26.9 Å². The minimum atomic E-state index is -0.633. The second kappa shape index (κ2) is 5.67. The zero-order chi connectivity index (χ0) is 11.3. The molecule has 0 radical (unpaired) electrons.